The average Bonchev–Trinajstić information content (AvgIpc) is 3.43. The predicted octanol–water partition coefficient (Wildman–Crippen LogP) is 5.50. The van der Waals surface area contributed by atoms with Gasteiger partial charge in [0.1, 0.15) is 16.0 Å². The summed E-state index contributed by atoms with van der Waals surface area (Å²) in [6, 6.07) is 17.6. The molecule has 28 heavy (non-hydrogen) atoms. The Morgan fingerprint density at radius 2 is 1.93 bits per heavy atom. The van der Waals surface area contributed by atoms with Crippen LogP contribution >= 0.6 is 34.9 Å². The van der Waals surface area contributed by atoms with E-state index >= 15 is 0 Å². The quantitative estimate of drug-likeness (QED) is 0.487. The highest BCUT2D eigenvalue weighted by molar-refractivity contribution is 8.38. The van der Waals surface area contributed by atoms with Crippen molar-refractivity contribution in [3.8, 4) is 10.6 Å². The molecule has 0 unspecified atom stereocenters. The first kappa shape index (κ1) is 19.2. The first-order valence-corrected chi connectivity index (χ1v) is 11.7. The summed E-state index contributed by atoms with van der Waals surface area (Å²) in [6.45, 7) is 1.06. The summed E-state index contributed by atoms with van der Waals surface area (Å²) in [7, 11) is 0. The number of ether oxygens (including phenoxy) is 1. The van der Waals surface area contributed by atoms with Gasteiger partial charge in [-0.2, -0.15) is 0 Å². The smallest absolute Gasteiger partial charge is 0.338 e. The largest absolute Gasteiger partial charge is 0.456 e. The van der Waals surface area contributed by atoms with Gasteiger partial charge in [-0.1, -0.05) is 72.1 Å². The van der Waals surface area contributed by atoms with Crippen LogP contribution in [0.25, 0.3) is 10.6 Å². The second-order valence-corrected chi connectivity index (χ2v) is 9.19. The minimum Gasteiger partial charge on any atom is -0.456 e. The lowest BCUT2D eigenvalue weighted by Gasteiger charge is -2.09. The summed E-state index contributed by atoms with van der Waals surface area (Å²) in [5.74, 6) is 1.45. The van der Waals surface area contributed by atoms with Crippen LogP contribution in [0.4, 0.5) is 0 Å². The minimum absolute atomic E-state index is 0.173. The minimum atomic E-state index is -0.313. The Kier molecular flexibility index (Phi) is 6.46. The van der Waals surface area contributed by atoms with Crippen LogP contribution in [0.2, 0.25) is 0 Å². The van der Waals surface area contributed by atoms with E-state index in [-0.39, 0.29) is 12.6 Å². The molecule has 0 fully saturated rings. The summed E-state index contributed by atoms with van der Waals surface area (Å²) in [5.41, 5.74) is 3.41. The molecular weight excluding hydrogens is 408 g/mol. The first-order valence-electron chi connectivity index (χ1n) is 8.84. The Hall–Kier alpha value is -2.09. The molecule has 142 valence electrons. The maximum atomic E-state index is 12.6. The van der Waals surface area contributed by atoms with Crippen molar-refractivity contribution in [1.82, 2.24) is 4.98 Å². The predicted molar refractivity (Wildman–Crippen MR) is 119 cm³/mol. The third-order valence-electron chi connectivity index (χ3n) is 4.07. The number of esters is 1. The van der Waals surface area contributed by atoms with E-state index in [1.54, 1.807) is 34.9 Å². The fraction of sp³-hybridized carbons (Fsp3) is 0.190. The number of aromatic nitrogens is 1. The van der Waals surface area contributed by atoms with Gasteiger partial charge < -0.3 is 4.74 Å². The van der Waals surface area contributed by atoms with Gasteiger partial charge in [-0.15, -0.1) is 11.3 Å². The molecule has 0 spiro atoms. The number of carbonyl (C=O) groups excluding carboxylic acids is 1. The van der Waals surface area contributed by atoms with Gasteiger partial charge in [-0.25, -0.2) is 9.78 Å². The van der Waals surface area contributed by atoms with E-state index in [4.69, 9.17) is 4.74 Å². The topological polar surface area (TPSA) is 51.5 Å². The fourth-order valence-corrected chi connectivity index (χ4v) is 5.52. The van der Waals surface area contributed by atoms with Crippen LogP contribution in [0, 0.1) is 0 Å². The molecule has 7 heteroatoms. The van der Waals surface area contributed by atoms with Gasteiger partial charge in [-0.3, -0.25) is 4.99 Å². The lowest BCUT2D eigenvalue weighted by atomic mass is 10.1. The molecule has 0 aliphatic carbocycles. The van der Waals surface area contributed by atoms with E-state index in [1.165, 1.54) is 0 Å². The average molecular weight is 427 g/mol. The summed E-state index contributed by atoms with van der Waals surface area (Å²) < 4.78 is 6.63. The standard InChI is InChI=1S/C21H18N2O2S3/c24-20(18-9-5-4-8-16(18)13-28-21-22-10-11-26-21)25-12-17-14-27-19(23-17)15-6-2-1-3-7-15/h1-9,14H,10-13H2. The molecule has 0 amide bonds. The number of aliphatic imine (C=N–C) groups is 1. The Morgan fingerprint density at radius 3 is 2.75 bits per heavy atom. The Bertz CT molecular complexity index is 986. The van der Waals surface area contributed by atoms with Crippen molar-refractivity contribution in [2.24, 2.45) is 4.99 Å². The van der Waals surface area contributed by atoms with Gasteiger partial charge >= 0.3 is 5.97 Å². The summed E-state index contributed by atoms with van der Waals surface area (Å²) in [5, 5.41) is 2.87. The van der Waals surface area contributed by atoms with Crippen LogP contribution in [-0.2, 0) is 17.1 Å². The van der Waals surface area contributed by atoms with Crippen molar-refractivity contribution in [3.63, 3.8) is 0 Å². The van der Waals surface area contributed by atoms with Crippen LogP contribution < -0.4 is 0 Å². The molecule has 0 radical (unpaired) electrons. The summed E-state index contributed by atoms with van der Waals surface area (Å²) in [6.07, 6.45) is 0. The number of benzene rings is 2. The molecule has 4 nitrogen and oxygen atoms in total. The van der Waals surface area contributed by atoms with Crippen LogP contribution in [0.5, 0.6) is 0 Å². The van der Waals surface area contributed by atoms with Gasteiger partial charge in [0.15, 0.2) is 0 Å². The molecule has 0 N–H and O–H groups in total. The zero-order valence-electron chi connectivity index (χ0n) is 15.0. The van der Waals surface area contributed by atoms with Crippen LogP contribution in [0.15, 0.2) is 65.0 Å². The summed E-state index contributed by atoms with van der Waals surface area (Å²) in [4.78, 5) is 21.6. The second-order valence-electron chi connectivity index (χ2n) is 6.03. The third kappa shape index (κ3) is 4.84. The molecule has 1 aliphatic heterocycles. The number of hydrogen-bond acceptors (Lipinski definition) is 7. The van der Waals surface area contributed by atoms with Crippen molar-refractivity contribution < 1.29 is 9.53 Å². The van der Waals surface area contributed by atoms with E-state index in [9.17, 15) is 4.79 Å². The van der Waals surface area contributed by atoms with Gasteiger partial charge in [0, 0.05) is 22.4 Å². The van der Waals surface area contributed by atoms with E-state index in [0.29, 0.717) is 11.3 Å². The second kappa shape index (κ2) is 9.41. The number of thiazole rings is 1. The van der Waals surface area contributed by atoms with Crippen molar-refractivity contribution in [1.29, 1.82) is 0 Å². The van der Waals surface area contributed by atoms with Crippen molar-refractivity contribution >= 4 is 45.2 Å². The maximum absolute atomic E-state index is 12.6. The molecule has 0 atom stereocenters. The molecule has 1 aliphatic rings. The third-order valence-corrected chi connectivity index (χ3v) is 7.31. The van der Waals surface area contributed by atoms with E-state index in [2.05, 4.69) is 9.98 Å². The van der Waals surface area contributed by atoms with Crippen molar-refractivity contribution in [2.75, 3.05) is 12.3 Å². The molecule has 0 saturated heterocycles. The molecule has 1 aromatic heterocycles. The zero-order chi connectivity index (χ0) is 19.2. The van der Waals surface area contributed by atoms with Gasteiger partial charge in [0.25, 0.3) is 0 Å². The highest BCUT2D eigenvalue weighted by Gasteiger charge is 2.15. The van der Waals surface area contributed by atoms with Crippen LogP contribution in [-0.4, -0.2) is 27.6 Å². The van der Waals surface area contributed by atoms with Crippen LogP contribution in [0.1, 0.15) is 21.6 Å². The Morgan fingerprint density at radius 1 is 1.11 bits per heavy atom. The SMILES string of the molecule is O=C(OCc1csc(-c2ccccc2)n1)c1ccccc1CSC1=NCCS1. The van der Waals surface area contributed by atoms with Crippen LogP contribution in [0.3, 0.4) is 0 Å². The van der Waals surface area contributed by atoms with Crippen molar-refractivity contribution in [2.45, 2.75) is 12.4 Å². The number of rotatable bonds is 6. The van der Waals surface area contributed by atoms with E-state index in [1.807, 2.05) is 60.0 Å². The number of carbonyl (C=O) groups is 1. The maximum Gasteiger partial charge on any atom is 0.338 e. The van der Waals surface area contributed by atoms with Gasteiger partial charge in [0.05, 0.1) is 17.8 Å². The monoisotopic (exact) mass is 426 g/mol. The molecule has 0 bridgehead atoms. The Balaban J connectivity index is 1.38. The molecule has 2 aromatic carbocycles. The molecule has 0 saturated carbocycles. The number of nitrogens with zero attached hydrogens (tertiary/aromatic N) is 2. The van der Waals surface area contributed by atoms with Crippen molar-refractivity contribution in [3.05, 3.63) is 76.8 Å². The van der Waals surface area contributed by atoms with E-state index in [0.717, 1.165) is 38.5 Å². The molecule has 4 rings (SSSR count). The normalized spacial score (nSPS) is 13.4. The highest BCUT2D eigenvalue weighted by Crippen LogP contribution is 2.27. The molecule has 3 aromatic rings. The summed E-state index contributed by atoms with van der Waals surface area (Å²) >= 11 is 5.01. The fourth-order valence-electron chi connectivity index (χ4n) is 2.69. The van der Waals surface area contributed by atoms with Gasteiger partial charge in [0.2, 0.25) is 0 Å². The number of thioether (sulfide) groups is 2. The lowest BCUT2D eigenvalue weighted by molar-refractivity contribution is 0.0467. The van der Waals surface area contributed by atoms with Gasteiger partial charge in [-0.05, 0) is 11.6 Å². The zero-order valence-corrected chi connectivity index (χ0v) is 17.5. The lowest BCUT2D eigenvalue weighted by Crippen LogP contribution is -2.08. The first-order chi connectivity index (χ1) is 13.8. The molecular formula is C21H18N2O2S3. The highest BCUT2D eigenvalue weighted by atomic mass is 32.2. The molecule has 2 heterocycles. The Labute approximate surface area is 176 Å². The van der Waals surface area contributed by atoms with E-state index < -0.39 is 0 Å². The number of hydrogen-bond donors (Lipinski definition) is 0.